The Labute approximate surface area is 80.3 Å². The lowest BCUT2D eigenvalue weighted by molar-refractivity contribution is -0.143. The van der Waals surface area contributed by atoms with Crippen LogP contribution in [0.4, 0.5) is 0 Å². The average Bonchev–Trinajstić information content (AvgIpc) is 2.05. The van der Waals surface area contributed by atoms with Crippen LogP contribution in [-0.2, 0) is 4.79 Å². The summed E-state index contributed by atoms with van der Waals surface area (Å²) in [7, 11) is 0. The number of rotatable bonds is 3. The molecule has 0 radical (unpaired) electrons. The number of carboxylic acid groups (broad SMARTS) is 1. The normalized spacial score (nSPS) is 34.5. The Balaban J connectivity index is 2.41. The molecule has 0 saturated heterocycles. The summed E-state index contributed by atoms with van der Waals surface area (Å²) in [4.78, 5) is 10.7. The Morgan fingerprint density at radius 3 is 2.38 bits per heavy atom. The van der Waals surface area contributed by atoms with E-state index >= 15 is 0 Å². The largest absolute Gasteiger partial charge is 0.481 e. The van der Waals surface area contributed by atoms with Gasteiger partial charge in [-0.2, -0.15) is 0 Å². The van der Waals surface area contributed by atoms with Crippen molar-refractivity contribution < 1.29 is 9.90 Å². The van der Waals surface area contributed by atoms with Crippen molar-refractivity contribution in [3.63, 3.8) is 0 Å². The summed E-state index contributed by atoms with van der Waals surface area (Å²) in [5, 5.41) is 8.84. The number of carboxylic acids is 1. The minimum Gasteiger partial charge on any atom is -0.481 e. The monoisotopic (exact) mass is 184 g/mol. The van der Waals surface area contributed by atoms with Crippen LogP contribution < -0.4 is 0 Å². The van der Waals surface area contributed by atoms with Gasteiger partial charge in [0.1, 0.15) is 0 Å². The van der Waals surface area contributed by atoms with Crippen molar-refractivity contribution in [1.29, 1.82) is 0 Å². The van der Waals surface area contributed by atoms with E-state index in [1.807, 2.05) is 0 Å². The van der Waals surface area contributed by atoms with Gasteiger partial charge in [0.15, 0.2) is 0 Å². The van der Waals surface area contributed by atoms with Gasteiger partial charge in [0, 0.05) is 0 Å². The van der Waals surface area contributed by atoms with Gasteiger partial charge >= 0.3 is 5.97 Å². The minimum atomic E-state index is -0.599. The van der Waals surface area contributed by atoms with Crippen molar-refractivity contribution in [2.45, 2.75) is 52.4 Å². The van der Waals surface area contributed by atoms with Gasteiger partial charge in [-0.1, -0.05) is 20.3 Å². The summed E-state index contributed by atoms with van der Waals surface area (Å²) >= 11 is 0. The average molecular weight is 184 g/mol. The SMILES string of the molecule is CCCC1(C)CCC(C(=O)O)CC1. The van der Waals surface area contributed by atoms with E-state index in [4.69, 9.17) is 5.11 Å². The summed E-state index contributed by atoms with van der Waals surface area (Å²) < 4.78 is 0. The van der Waals surface area contributed by atoms with Gasteiger partial charge in [-0.3, -0.25) is 4.79 Å². The van der Waals surface area contributed by atoms with Gasteiger partial charge in [0.05, 0.1) is 5.92 Å². The first-order chi connectivity index (χ1) is 6.07. The third-order valence-electron chi connectivity index (χ3n) is 3.40. The van der Waals surface area contributed by atoms with Crippen molar-refractivity contribution >= 4 is 5.97 Å². The molecule has 1 saturated carbocycles. The number of aliphatic carboxylic acids is 1. The summed E-state index contributed by atoms with van der Waals surface area (Å²) in [5.74, 6) is -0.663. The molecular formula is C11H20O2. The van der Waals surface area contributed by atoms with E-state index in [0.29, 0.717) is 5.41 Å². The Bertz CT molecular complexity index is 179. The Kier molecular flexibility index (Phi) is 3.34. The standard InChI is InChI=1S/C11H20O2/c1-3-6-11(2)7-4-9(5-8-11)10(12)13/h9H,3-8H2,1-2H3,(H,12,13). The van der Waals surface area contributed by atoms with Crippen LogP contribution >= 0.6 is 0 Å². The highest BCUT2D eigenvalue weighted by Gasteiger charge is 2.32. The third kappa shape index (κ3) is 2.71. The van der Waals surface area contributed by atoms with E-state index in [9.17, 15) is 4.79 Å². The molecule has 2 heteroatoms. The Hall–Kier alpha value is -0.530. The molecule has 1 fully saturated rings. The first-order valence-corrected chi connectivity index (χ1v) is 5.30. The van der Waals surface area contributed by atoms with Gasteiger partial charge in [-0.05, 0) is 37.5 Å². The van der Waals surface area contributed by atoms with Crippen LogP contribution in [0.2, 0.25) is 0 Å². The van der Waals surface area contributed by atoms with E-state index < -0.39 is 5.97 Å². The van der Waals surface area contributed by atoms with Crippen LogP contribution in [0.15, 0.2) is 0 Å². The predicted octanol–water partition coefficient (Wildman–Crippen LogP) is 3.07. The van der Waals surface area contributed by atoms with Crippen molar-refractivity contribution in [2.24, 2.45) is 11.3 Å². The molecular weight excluding hydrogens is 164 g/mol. The van der Waals surface area contributed by atoms with Crippen molar-refractivity contribution in [2.75, 3.05) is 0 Å². The lowest BCUT2D eigenvalue weighted by Gasteiger charge is -2.35. The zero-order valence-corrected chi connectivity index (χ0v) is 8.68. The number of carbonyl (C=O) groups is 1. The van der Waals surface area contributed by atoms with Crippen LogP contribution in [0.1, 0.15) is 52.4 Å². The third-order valence-corrected chi connectivity index (χ3v) is 3.40. The van der Waals surface area contributed by atoms with Crippen LogP contribution in [0.3, 0.4) is 0 Å². The molecule has 0 amide bonds. The predicted molar refractivity (Wildman–Crippen MR) is 52.6 cm³/mol. The molecule has 0 spiro atoms. The quantitative estimate of drug-likeness (QED) is 0.732. The zero-order chi connectivity index (χ0) is 9.90. The number of hydrogen-bond acceptors (Lipinski definition) is 1. The first-order valence-electron chi connectivity index (χ1n) is 5.30. The molecule has 0 aromatic carbocycles. The molecule has 0 heterocycles. The molecule has 76 valence electrons. The summed E-state index contributed by atoms with van der Waals surface area (Å²) in [5.41, 5.74) is 0.431. The van der Waals surface area contributed by atoms with E-state index in [-0.39, 0.29) is 5.92 Å². The maximum absolute atomic E-state index is 10.7. The molecule has 1 N–H and O–H groups in total. The van der Waals surface area contributed by atoms with E-state index in [0.717, 1.165) is 25.7 Å². The Morgan fingerprint density at radius 1 is 1.46 bits per heavy atom. The maximum atomic E-state index is 10.7. The highest BCUT2D eigenvalue weighted by atomic mass is 16.4. The second kappa shape index (κ2) is 4.12. The fourth-order valence-corrected chi connectivity index (χ4v) is 2.42. The Morgan fingerprint density at radius 2 is 2.00 bits per heavy atom. The molecule has 1 aliphatic carbocycles. The van der Waals surface area contributed by atoms with E-state index in [2.05, 4.69) is 13.8 Å². The minimum absolute atomic E-state index is 0.0649. The molecule has 0 atom stereocenters. The molecule has 0 unspecified atom stereocenters. The van der Waals surface area contributed by atoms with Crippen molar-refractivity contribution in [3.8, 4) is 0 Å². The fourth-order valence-electron chi connectivity index (χ4n) is 2.42. The molecule has 1 aliphatic rings. The summed E-state index contributed by atoms with van der Waals surface area (Å²) in [6, 6.07) is 0. The molecule has 0 aliphatic heterocycles. The van der Waals surface area contributed by atoms with Crippen LogP contribution in [0.25, 0.3) is 0 Å². The van der Waals surface area contributed by atoms with Crippen molar-refractivity contribution in [1.82, 2.24) is 0 Å². The van der Waals surface area contributed by atoms with Crippen LogP contribution in [0.5, 0.6) is 0 Å². The molecule has 1 rings (SSSR count). The first kappa shape index (κ1) is 10.6. The highest BCUT2D eigenvalue weighted by molar-refractivity contribution is 5.70. The summed E-state index contributed by atoms with van der Waals surface area (Å²) in [6.07, 6.45) is 6.42. The topological polar surface area (TPSA) is 37.3 Å². The van der Waals surface area contributed by atoms with Gasteiger partial charge < -0.3 is 5.11 Å². The lowest BCUT2D eigenvalue weighted by atomic mass is 9.69. The molecule has 0 aromatic rings. The second-order valence-corrected chi connectivity index (χ2v) is 4.67. The van der Waals surface area contributed by atoms with Crippen LogP contribution in [-0.4, -0.2) is 11.1 Å². The van der Waals surface area contributed by atoms with Crippen LogP contribution in [0, 0.1) is 11.3 Å². The lowest BCUT2D eigenvalue weighted by Crippen LogP contribution is -2.28. The smallest absolute Gasteiger partial charge is 0.306 e. The second-order valence-electron chi connectivity index (χ2n) is 4.67. The molecule has 0 aromatic heterocycles. The van der Waals surface area contributed by atoms with E-state index in [1.165, 1.54) is 12.8 Å². The zero-order valence-electron chi connectivity index (χ0n) is 8.68. The number of hydrogen-bond donors (Lipinski definition) is 1. The summed E-state index contributed by atoms with van der Waals surface area (Å²) in [6.45, 7) is 4.50. The van der Waals surface area contributed by atoms with Gasteiger partial charge in [0.2, 0.25) is 0 Å². The molecule has 2 nitrogen and oxygen atoms in total. The maximum Gasteiger partial charge on any atom is 0.306 e. The van der Waals surface area contributed by atoms with Gasteiger partial charge in [-0.15, -0.1) is 0 Å². The molecule has 0 bridgehead atoms. The van der Waals surface area contributed by atoms with Gasteiger partial charge in [0.25, 0.3) is 0 Å². The van der Waals surface area contributed by atoms with E-state index in [1.54, 1.807) is 0 Å². The molecule has 13 heavy (non-hydrogen) atoms. The van der Waals surface area contributed by atoms with Gasteiger partial charge in [-0.25, -0.2) is 0 Å². The van der Waals surface area contributed by atoms with Crippen molar-refractivity contribution in [3.05, 3.63) is 0 Å². The fraction of sp³-hybridized carbons (Fsp3) is 0.909. The highest BCUT2D eigenvalue weighted by Crippen LogP contribution is 2.41.